The third-order valence-electron chi connectivity index (χ3n) is 4.66. The van der Waals surface area contributed by atoms with Crippen LogP contribution in [-0.4, -0.2) is 31.4 Å². The molecule has 4 aromatic rings. The number of carbonyl (C=O) groups is 1. The van der Waals surface area contributed by atoms with Crippen LogP contribution in [0.3, 0.4) is 0 Å². The molecule has 10 heteroatoms. The van der Waals surface area contributed by atoms with Crippen LogP contribution in [0.2, 0.25) is 5.02 Å². The van der Waals surface area contributed by atoms with E-state index in [1.54, 1.807) is 11.3 Å². The molecule has 1 N–H and O–H groups in total. The number of rotatable bonds is 8. The summed E-state index contributed by atoms with van der Waals surface area (Å²) in [5.41, 5.74) is 2.83. The fourth-order valence-corrected chi connectivity index (χ4v) is 5.63. The number of hydrogen-bond donors (Lipinski definition) is 1. The lowest BCUT2D eigenvalue weighted by Gasteiger charge is -2.13. The van der Waals surface area contributed by atoms with Crippen molar-refractivity contribution in [3.05, 3.63) is 51.0 Å². The topological polar surface area (TPSA) is 72.7 Å². The smallest absolute Gasteiger partial charge is 0.236 e. The first kappa shape index (κ1) is 23.0. The Hall–Kier alpha value is -2.20. The second-order valence-electron chi connectivity index (χ2n) is 7.31. The quantitative estimate of drug-likeness (QED) is 0.272. The summed E-state index contributed by atoms with van der Waals surface area (Å²) in [6, 6.07) is 9.80. The molecule has 0 saturated carbocycles. The zero-order valence-corrected chi connectivity index (χ0v) is 21.0. The lowest BCUT2D eigenvalue weighted by atomic mass is 10.2. The van der Waals surface area contributed by atoms with Gasteiger partial charge in [-0.25, -0.2) is 4.98 Å². The van der Waals surface area contributed by atoms with Crippen LogP contribution < -0.4 is 5.32 Å². The van der Waals surface area contributed by atoms with E-state index < -0.39 is 0 Å². The second kappa shape index (κ2) is 10.2. The van der Waals surface area contributed by atoms with Gasteiger partial charge in [-0.3, -0.25) is 9.36 Å². The third-order valence-corrected chi connectivity index (χ3v) is 7.70. The maximum absolute atomic E-state index is 12.5. The molecule has 166 valence electrons. The predicted octanol–water partition coefficient (Wildman–Crippen LogP) is 6.66. The number of thioether (sulfide) groups is 1. The molecule has 0 saturated heterocycles. The molecule has 1 aromatic carbocycles. The Morgan fingerprint density at radius 3 is 2.62 bits per heavy atom. The lowest BCUT2D eigenvalue weighted by Crippen LogP contribution is -2.15. The van der Waals surface area contributed by atoms with Gasteiger partial charge < -0.3 is 5.32 Å². The van der Waals surface area contributed by atoms with Crippen molar-refractivity contribution in [1.82, 2.24) is 19.7 Å². The number of carbonyl (C=O) groups excluding carboxylic acids is 1. The summed E-state index contributed by atoms with van der Waals surface area (Å²) in [6.07, 6.45) is 0.999. The summed E-state index contributed by atoms with van der Waals surface area (Å²) in [7, 11) is 0. The second-order valence-corrected chi connectivity index (χ2v) is 10.5. The van der Waals surface area contributed by atoms with Crippen molar-refractivity contribution in [2.75, 3.05) is 11.1 Å². The number of thiophene rings is 1. The summed E-state index contributed by atoms with van der Waals surface area (Å²) >= 11 is 10.4. The van der Waals surface area contributed by atoms with E-state index in [2.05, 4.69) is 57.3 Å². The predicted molar refractivity (Wildman–Crippen MR) is 135 cm³/mol. The van der Waals surface area contributed by atoms with Gasteiger partial charge in [-0.15, -0.1) is 32.9 Å². The number of amides is 1. The molecule has 0 bridgehead atoms. The number of nitrogens with zero attached hydrogens (tertiary/aromatic N) is 4. The zero-order valence-electron chi connectivity index (χ0n) is 17.8. The van der Waals surface area contributed by atoms with Crippen molar-refractivity contribution >= 4 is 57.1 Å². The molecule has 3 heterocycles. The van der Waals surface area contributed by atoms with Crippen molar-refractivity contribution in [2.24, 2.45) is 0 Å². The molecule has 0 fully saturated rings. The molecule has 0 aliphatic carbocycles. The molecule has 32 heavy (non-hydrogen) atoms. The number of aromatic nitrogens is 4. The van der Waals surface area contributed by atoms with Crippen molar-refractivity contribution in [1.29, 1.82) is 0 Å². The molecule has 0 aliphatic rings. The fraction of sp³-hybridized carbons (Fsp3) is 0.273. The average molecular weight is 504 g/mol. The first-order chi connectivity index (χ1) is 15.4. The van der Waals surface area contributed by atoms with Gasteiger partial charge >= 0.3 is 0 Å². The zero-order chi connectivity index (χ0) is 22.7. The van der Waals surface area contributed by atoms with Crippen molar-refractivity contribution < 1.29 is 4.79 Å². The summed E-state index contributed by atoms with van der Waals surface area (Å²) < 4.78 is 2.08. The van der Waals surface area contributed by atoms with E-state index in [4.69, 9.17) is 11.6 Å². The molecule has 4 rings (SSSR count). The third kappa shape index (κ3) is 5.23. The van der Waals surface area contributed by atoms with Crippen LogP contribution in [0.15, 0.2) is 46.2 Å². The normalized spacial score (nSPS) is 11.3. The van der Waals surface area contributed by atoms with Gasteiger partial charge in [0.1, 0.15) is 0 Å². The maximum Gasteiger partial charge on any atom is 0.236 e. The number of thiazole rings is 1. The molecule has 3 aromatic heterocycles. The van der Waals surface area contributed by atoms with E-state index in [1.165, 1.54) is 28.0 Å². The lowest BCUT2D eigenvalue weighted by molar-refractivity contribution is -0.113. The molecular weight excluding hydrogens is 482 g/mol. The van der Waals surface area contributed by atoms with Crippen LogP contribution >= 0.6 is 46.0 Å². The minimum Gasteiger partial charge on any atom is -0.301 e. The molecule has 1 amide bonds. The Bertz CT molecular complexity index is 1210. The van der Waals surface area contributed by atoms with Gasteiger partial charge in [-0.05, 0) is 38.5 Å². The highest BCUT2D eigenvalue weighted by atomic mass is 35.5. The van der Waals surface area contributed by atoms with Crippen LogP contribution in [0.5, 0.6) is 0 Å². The maximum atomic E-state index is 12.5. The Morgan fingerprint density at radius 2 is 1.94 bits per heavy atom. The molecule has 6 nitrogen and oxygen atoms in total. The van der Waals surface area contributed by atoms with Gasteiger partial charge in [0.15, 0.2) is 16.1 Å². The van der Waals surface area contributed by atoms with Crippen LogP contribution in [0, 0.1) is 0 Å². The number of anilines is 1. The molecular formula is C22H22ClN5OS3. The summed E-state index contributed by atoms with van der Waals surface area (Å²) in [6.45, 7) is 6.33. The first-order valence-electron chi connectivity index (χ1n) is 10.1. The van der Waals surface area contributed by atoms with Gasteiger partial charge in [0.25, 0.3) is 0 Å². The summed E-state index contributed by atoms with van der Waals surface area (Å²) in [5, 5.41) is 17.6. The number of hydrogen-bond acceptors (Lipinski definition) is 7. The van der Waals surface area contributed by atoms with Crippen LogP contribution in [0.1, 0.15) is 31.7 Å². The fourth-order valence-electron chi connectivity index (χ4n) is 3.09. The van der Waals surface area contributed by atoms with E-state index in [-0.39, 0.29) is 17.7 Å². The molecule has 0 aliphatic heterocycles. The number of aryl methyl sites for hydroxylation is 1. The van der Waals surface area contributed by atoms with Crippen LogP contribution in [0.25, 0.3) is 22.6 Å². The van der Waals surface area contributed by atoms with Crippen molar-refractivity contribution in [2.45, 2.75) is 38.4 Å². The highest BCUT2D eigenvalue weighted by Crippen LogP contribution is 2.31. The Morgan fingerprint density at radius 1 is 1.16 bits per heavy atom. The first-order valence-corrected chi connectivity index (χ1v) is 13.2. The number of nitrogens with one attached hydrogen (secondary N) is 1. The van der Waals surface area contributed by atoms with Gasteiger partial charge in [-0.1, -0.05) is 42.4 Å². The number of benzene rings is 1. The Balaban J connectivity index is 1.41. The molecule has 0 radical (unpaired) electrons. The summed E-state index contributed by atoms with van der Waals surface area (Å²) in [5.74, 6) is 0.937. The van der Waals surface area contributed by atoms with Crippen molar-refractivity contribution in [3.63, 3.8) is 0 Å². The van der Waals surface area contributed by atoms with E-state index in [0.29, 0.717) is 10.2 Å². The minimum atomic E-state index is -0.129. The minimum absolute atomic E-state index is 0.129. The number of halogens is 1. The highest BCUT2D eigenvalue weighted by Gasteiger charge is 2.19. The van der Waals surface area contributed by atoms with Crippen LogP contribution in [0.4, 0.5) is 5.13 Å². The Kier molecular flexibility index (Phi) is 7.30. The molecule has 0 spiro atoms. The van der Waals surface area contributed by atoms with Crippen molar-refractivity contribution in [3.8, 4) is 22.6 Å². The van der Waals surface area contributed by atoms with Gasteiger partial charge in [0.2, 0.25) is 5.91 Å². The largest absolute Gasteiger partial charge is 0.301 e. The summed E-state index contributed by atoms with van der Waals surface area (Å²) in [4.78, 5) is 18.4. The standard InChI is InChI=1S/C22H22ClN5OS3/c1-4-17-9-15(10-30-17)20-26-27-22(28(20)13(2)3)32-12-19(29)25-21-24-18(11-31-21)14-5-7-16(23)8-6-14/h5-11,13H,4,12H2,1-3H3,(H,24,25,29). The van der Waals surface area contributed by atoms with E-state index in [0.717, 1.165) is 34.2 Å². The van der Waals surface area contributed by atoms with Crippen LogP contribution in [-0.2, 0) is 11.2 Å². The van der Waals surface area contributed by atoms with E-state index in [1.807, 2.05) is 29.6 Å². The molecule has 0 atom stereocenters. The van der Waals surface area contributed by atoms with E-state index >= 15 is 0 Å². The monoisotopic (exact) mass is 503 g/mol. The Labute approximate surface area is 204 Å². The van der Waals surface area contributed by atoms with Gasteiger partial charge in [0.05, 0.1) is 11.4 Å². The molecule has 0 unspecified atom stereocenters. The van der Waals surface area contributed by atoms with E-state index in [9.17, 15) is 4.79 Å². The SMILES string of the molecule is CCc1cc(-c2nnc(SCC(=O)Nc3nc(-c4ccc(Cl)cc4)cs3)n2C(C)C)cs1. The highest BCUT2D eigenvalue weighted by molar-refractivity contribution is 7.99. The average Bonchev–Trinajstić information content (AvgIpc) is 3.51. The van der Waals surface area contributed by atoms with Gasteiger partial charge in [0, 0.05) is 37.8 Å². The van der Waals surface area contributed by atoms with Gasteiger partial charge in [-0.2, -0.15) is 0 Å².